The van der Waals surface area contributed by atoms with Gasteiger partial charge in [0.05, 0.1) is 10.5 Å². The van der Waals surface area contributed by atoms with Crippen molar-refractivity contribution in [2.75, 3.05) is 6.79 Å². The first-order chi connectivity index (χ1) is 13.3. The predicted octanol–water partition coefficient (Wildman–Crippen LogP) is 2.49. The number of rotatable bonds is 6. The maximum Gasteiger partial charge on any atom is 0.338 e. The fourth-order valence-electron chi connectivity index (χ4n) is 2.65. The molecule has 9 heteroatoms. The van der Waals surface area contributed by atoms with Crippen LogP contribution in [-0.4, -0.2) is 29.7 Å². The minimum Gasteiger partial charge on any atom is -0.454 e. The maximum atomic E-state index is 12.2. The minimum atomic E-state index is -1.03. The maximum absolute atomic E-state index is 12.2. The van der Waals surface area contributed by atoms with Crippen LogP contribution in [0.15, 0.2) is 36.4 Å². The number of carbonyl (C=O) groups excluding carboxylic acids is 2. The Balaban J connectivity index is 1.55. The first-order valence-corrected chi connectivity index (χ1v) is 8.47. The van der Waals surface area contributed by atoms with Gasteiger partial charge in [0.15, 0.2) is 17.6 Å². The van der Waals surface area contributed by atoms with Gasteiger partial charge in [-0.05, 0) is 43.7 Å². The van der Waals surface area contributed by atoms with Gasteiger partial charge in [0.2, 0.25) is 6.79 Å². The molecule has 0 saturated heterocycles. The molecule has 0 aromatic heterocycles. The monoisotopic (exact) mass is 386 g/mol. The van der Waals surface area contributed by atoms with E-state index in [-0.39, 0.29) is 24.6 Å². The average Bonchev–Trinajstić information content (AvgIpc) is 3.13. The number of ether oxygens (including phenoxy) is 3. The molecule has 0 radical (unpaired) electrons. The topological polar surface area (TPSA) is 117 Å². The highest BCUT2D eigenvalue weighted by Gasteiger charge is 2.21. The van der Waals surface area contributed by atoms with Crippen LogP contribution in [0.1, 0.15) is 28.4 Å². The van der Waals surface area contributed by atoms with Gasteiger partial charge in [0, 0.05) is 18.2 Å². The van der Waals surface area contributed by atoms with Crippen molar-refractivity contribution in [2.24, 2.45) is 0 Å². The van der Waals surface area contributed by atoms with Crippen LogP contribution in [-0.2, 0) is 16.1 Å². The largest absolute Gasteiger partial charge is 0.454 e. The molecule has 9 nitrogen and oxygen atoms in total. The molecule has 0 bridgehead atoms. The molecule has 0 unspecified atom stereocenters. The van der Waals surface area contributed by atoms with E-state index in [0.717, 1.165) is 5.56 Å². The summed E-state index contributed by atoms with van der Waals surface area (Å²) in [5.74, 6) is 0.0592. The molecule has 0 saturated carbocycles. The summed E-state index contributed by atoms with van der Waals surface area (Å²) in [7, 11) is 0. The summed E-state index contributed by atoms with van der Waals surface area (Å²) in [6.07, 6.45) is -1.03. The van der Waals surface area contributed by atoms with Gasteiger partial charge in [0.25, 0.3) is 11.6 Å². The van der Waals surface area contributed by atoms with E-state index in [1.165, 1.54) is 32.0 Å². The summed E-state index contributed by atoms with van der Waals surface area (Å²) < 4.78 is 15.7. The Kier molecular flexibility index (Phi) is 5.44. The quantitative estimate of drug-likeness (QED) is 0.460. The van der Waals surface area contributed by atoms with Crippen LogP contribution in [0, 0.1) is 17.0 Å². The van der Waals surface area contributed by atoms with Gasteiger partial charge < -0.3 is 19.5 Å². The molecular formula is C19H18N2O7. The normalized spacial score (nSPS) is 12.9. The van der Waals surface area contributed by atoms with Crippen molar-refractivity contribution < 1.29 is 28.7 Å². The molecule has 146 valence electrons. The van der Waals surface area contributed by atoms with E-state index in [0.29, 0.717) is 17.1 Å². The van der Waals surface area contributed by atoms with E-state index in [4.69, 9.17) is 14.2 Å². The molecule has 0 aliphatic carbocycles. The number of nitro benzene ring substituents is 1. The highest BCUT2D eigenvalue weighted by molar-refractivity contribution is 5.92. The van der Waals surface area contributed by atoms with E-state index in [9.17, 15) is 19.7 Å². The van der Waals surface area contributed by atoms with Gasteiger partial charge in [-0.2, -0.15) is 0 Å². The van der Waals surface area contributed by atoms with Gasteiger partial charge in [-0.25, -0.2) is 4.79 Å². The van der Waals surface area contributed by atoms with Crippen molar-refractivity contribution in [1.29, 1.82) is 0 Å². The second-order valence-electron chi connectivity index (χ2n) is 6.21. The Bertz CT molecular complexity index is 942. The predicted molar refractivity (Wildman–Crippen MR) is 97.1 cm³/mol. The Labute approximate surface area is 160 Å². The molecule has 1 atom stereocenters. The van der Waals surface area contributed by atoms with Crippen molar-refractivity contribution >= 4 is 17.6 Å². The lowest BCUT2D eigenvalue weighted by atomic mass is 10.1. The van der Waals surface area contributed by atoms with Crippen LogP contribution in [0.3, 0.4) is 0 Å². The van der Waals surface area contributed by atoms with E-state index in [2.05, 4.69) is 5.32 Å². The number of esters is 1. The summed E-state index contributed by atoms with van der Waals surface area (Å²) in [4.78, 5) is 34.7. The lowest BCUT2D eigenvalue weighted by Gasteiger charge is -2.14. The zero-order valence-electron chi connectivity index (χ0n) is 15.3. The van der Waals surface area contributed by atoms with Gasteiger partial charge in [-0.15, -0.1) is 0 Å². The van der Waals surface area contributed by atoms with Crippen LogP contribution in [0.5, 0.6) is 11.5 Å². The highest BCUT2D eigenvalue weighted by atomic mass is 16.7. The van der Waals surface area contributed by atoms with Crippen molar-refractivity contribution in [2.45, 2.75) is 26.5 Å². The first kappa shape index (κ1) is 19.2. The summed E-state index contributed by atoms with van der Waals surface area (Å²) in [6.45, 7) is 3.37. The van der Waals surface area contributed by atoms with E-state index in [1.54, 1.807) is 18.2 Å². The Morgan fingerprint density at radius 2 is 1.96 bits per heavy atom. The van der Waals surface area contributed by atoms with E-state index in [1.807, 2.05) is 0 Å². The number of nitro groups is 1. The zero-order chi connectivity index (χ0) is 20.3. The van der Waals surface area contributed by atoms with Crippen LogP contribution in [0.2, 0.25) is 0 Å². The third-order valence-corrected chi connectivity index (χ3v) is 4.19. The van der Waals surface area contributed by atoms with Gasteiger partial charge in [0.1, 0.15) is 0 Å². The number of nitrogens with one attached hydrogen (secondary N) is 1. The summed E-state index contributed by atoms with van der Waals surface area (Å²) in [5, 5.41) is 13.5. The lowest BCUT2D eigenvalue weighted by Crippen LogP contribution is -2.35. The average molecular weight is 386 g/mol. The standard InChI is InChI=1S/C19H18N2O7/c1-11-7-14(4-5-15(11)21(24)25)19(23)28-12(2)18(22)20-9-13-3-6-16-17(8-13)27-10-26-16/h3-8,12H,9-10H2,1-2H3,(H,20,22)/t12-/m0/s1. The summed E-state index contributed by atoms with van der Waals surface area (Å²) in [5.41, 5.74) is 1.19. The summed E-state index contributed by atoms with van der Waals surface area (Å²) in [6, 6.07) is 9.20. The number of fused-ring (bicyclic) bond motifs is 1. The van der Waals surface area contributed by atoms with Crippen LogP contribution in [0.4, 0.5) is 5.69 Å². The second-order valence-corrected chi connectivity index (χ2v) is 6.21. The number of carbonyl (C=O) groups is 2. The highest BCUT2D eigenvalue weighted by Crippen LogP contribution is 2.32. The van der Waals surface area contributed by atoms with E-state index >= 15 is 0 Å². The van der Waals surface area contributed by atoms with Crippen molar-refractivity contribution in [3.8, 4) is 11.5 Å². The van der Waals surface area contributed by atoms with E-state index < -0.39 is 22.9 Å². The van der Waals surface area contributed by atoms with Crippen LogP contribution in [0.25, 0.3) is 0 Å². The number of hydrogen-bond donors (Lipinski definition) is 1. The van der Waals surface area contributed by atoms with Crippen LogP contribution >= 0.6 is 0 Å². The Morgan fingerprint density at radius 1 is 1.21 bits per heavy atom. The number of nitrogens with zero attached hydrogens (tertiary/aromatic N) is 1. The van der Waals surface area contributed by atoms with Crippen LogP contribution < -0.4 is 14.8 Å². The molecule has 3 rings (SSSR count). The molecule has 2 aromatic carbocycles. The fourth-order valence-corrected chi connectivity index (χ4v) is 2.65. The molecule has 2 aromatic rings. The second kappa shape index (κ2) is 7.95. The molecule has 1 heterocycles. The smallest absolute Gasteiger partial charge is 0.338 e. The van der Waals surface area contributed by atoms with Gasteiger partial charge in [-0.1, -0.05) is 6.07 Å². The van der Waals surface area contributed by atoms with Crippen molar-refractivity contribution in [3.05, 3.63) is 63.2 Å². The molecule has 0 fully saturated rings. The lowest BCUT2D eigenvalue weighted by molar-refractivity contribution is -0.385. The number of aryl methyl sites for hydroxylation is 1. The Morgan fingerprint density at radius 3 is 2.68 bits per heavy atom. The Hall–Kier alpha value is -3.62. The molecule has 1 N–H and O–H groups in total. The molecule has 1 amide bonds. The first-order valence-electron chi connectivity index (χ1n) is 8.47. The van der Waals surface area contributed by atoms with Gasteiger partial charge in [-0.3, -0.25) is 14.9 Å². The molecule has 0 spiro atoms. The zero-order valence-corrected chi connectivity index (χ0v) is 15.3. The van der Waals surface area contributed by atoms with Gasteiger partial charge >= 0.3 is 5.97 Å². The molecule has 1 aliphatic rings. The minimum absolute atomic E-state index is 0.0916. The summed E-state index contributed by atoms with van der Waals surface area (Å²) >= 11 is 0. The fraction of sp³-hybridized carbons (Fsp3) is 0.263. The number of benzene rings is 2. The molecular weight excluding hydrogens is 368 g/mol. The molecule has 28 heavy (non-hydrogen) atoms. The van der Waals surface area contributed by atoms with Crippen molar-refractivity contribution in [3.63, 3.8) is 0 Å². The molecule has 1 aliphatic heterocycles. The third kappa shape index (κ3) is 4.20. The number of hydrogen-bond acceptors (Lipinski definition) is 7. The number of amides is 1. The third-order valence-electron chi connectivity index (χ3n) is 4.19. The SMILES string of the molecule is Cc1cc(C(=O)O[C@@H](C)C(=O)NCc2ccc3c(c2)OCO3)ccc1[N+](=O)[O-]. The van der Waals surface area contributed by atoms with Crippen molar-refractivity contribution in [1.82, 2.24) is 5.32 Å².